The van der Waals surface area contributed by atoms with Crippen molar-refractivity contribution in [2.24, 2.45) is 0 Å². The van der Waals surface area contributed by atoms with Crippen molar-refractivity contribution in [3.05, 3.63) is 101 Å². The Morgan fingerprint density at radius 1 is 0.657 bits per heavy atom. The molecule has 4 nitrogen and oxygen atoms in total. The lowest BCUT2D eigenvalue weighted by Gasteiger charge is -2.34. The molecule has 1 saturated heterocycles. The molecule has 5 heteroatoms. The third kappa shape index (κ3) is 6.02. The van der Waals surface area contributed by atoms with Crippen LogP contribution in [0.15, 0.2) is 89.7 Å². The summed E-state index contributed by atoms with van der Waals surface area (Å²) in [4.78, 5) is 18.0. The van der Waals surface area contributed by atoms with Crippen LogP contribution in [0.4, 0.5) is 0 Å². The number of pyridine rings is 1. The summed E-state index contributed by atoms with van der Waals surface area (Å²) in [5.41, 5.74) is 3.50. The Bertz CT molecular complexity index is 1260. The summed E-state index contributed by atoms with van der Waals surface area (Å²) >= 11 is 0. The van der Waals surface area contributed by atoms with Gasteiger partial charge in [0.2, 0.25) is 0 Å². The SMILES string of the molecule is Cl.O=c1c2ccccc2n(CCCCN2CCN(C/C=C/c3ccccc3)CC2)c2ccccc12. The summed E-state index contributed by atoms with van der Waals surface area (Å²) in [6.07, 6.45) is 6.78. The zero-order valence-electron chi connectivity index (χ0n) is 20.2. The van der Waals surface area contributed by atoms with Gasteiger partial charge in [-0.1, -0.05) is 66.7 Å². The first-order chi connectivity index (χ1) is 16.8. The summed E-state index contributed by atoms with van der Waals surface area (Å²) in [5, 5.41) is 1.64. The molecular weight excluding hydrogens is 454 g/mol. The van der Waals surface area contributed by atoms with Crippen molar-refractivity contribution in [2.75, 3.05) is 39.3 Å². The van der Waals surface area contributed by atoms with Crippen LogP contribution >= 0.6 is 12.4 Å². The molecule has 0 unspecified atom stereocenters. The molecule has 1 aliphatic rings. The van der Waals surface area contributed by atoms with Crippen molar-refractivity contribution in [1.29, 1.82) is 0 Å². The van der Waals surface area contributed by atoms with E-state index in [4.69, 9.17) is 0 Å². The number of aromatic nitrogens is 1. The van der Waals surface area contributed by atoms with Gasteiger partial charge in [-0.15, -0.1) is 12.4 Å². The lowest BCUT2D eigenvalue weighted by molar-refractivity contribution is 0.140. The monoisotopic (exact) mass is 487 g/mol. The van der Waals surface area contributed by atoms with E-state index in [-0.39, 0.29) is 17.8 Å². The molecule has 0 atom stereocenters. The molecule has 3 aromatic carbocycles. The number of halogens is 1. The number of piperazine rings is 1. The minimum atomic E-state index is 0. The molecule has 0 radical (unpaired) electrons. The summed E-state index contributed by atoms with van der Waals surface area (Å²) in [6, 6.07) is 26.6. The van der Waals surface area contributed by atoms with Gasteiger partial charge in [-0.2, -0.15) is 0 Å². The van der Waals surface area contributed by atoms with Crippen molar-refractivity contribution in [3.8, 4) is 0 Å². The molecule has 1 fully saturated rings. The molecule has 0 saturated carbocycles. The molecule has 0 spiro atoms. The topological polar surface area (TPSA) is 28.5 Å². The van der Waals surface area contributed by atoms with E-state index in [9.17, 15) is 4.79 Å². The number of benzene rings is 3. The van der Waals surface area contributed by atoms with Crippen molar-refractivity contribution >= 4 is 40.3 Å². The van der Waals surface area contributed by atoms with Gasteiger partial charge in [-0.05, 0) is 49.2 Å². The first-order valence-electron chi connectivity index (χ1n) is 12.5. The minimum absolute atomic E-state index is 0. The number of nitrogens with zero attached hydrogens (tertiary/aromatic N) is 3. The van der Waals surface area contributed by atoms with Crippen molar-refractivity contribution < 1.29 is 0 Å². The highest BCUT2D eigenvalue weighted by atomic mass is 35.5. The fraction of sp³-hybridized carbons (Fsp3) is 0.300. The molecule has 0 bridgehead atoms. The average Bonchev–Trinajstić information content (AvgIpc) is 2.90. The first kappa shape index (κ1) is 25.2. The van der Waals surface area contributed by atoms with E-state index in [1.165, 1.54) is 12.0 Å². The molecule has 2 heterocycles. The van der Waals surface area contributed by atoms with Gasteiger partial charge in [-0.3, -0.25) is 9.69 Å². The second kappa shape index (κ2) is 12.2. The van der Waals surface area contributed by atoms with Crippen LogP contribution in [0.25, 0.3) is 27.9 Å². The highest BCUT2D eigenvalue weighted by Crippen LogP contribution is 2.20. The lowest BCUT2D eigenvalue weighted by atomic mass is 10.1. The van der Waals surface area contributed by atoms with Crippen LogP contribution in [-0.2, 0) is 6.54 Å². The second-order valence-corrected chi connectivity index (χ2v) is 9.18. The predicted octanol–water partition coefficient (Wildman–Crippen LogP) is 5.69. The molecule has 1 aromatic heterocycles. The smallest absolute Gasteiger partial charge is 0.197 e. The van der Waals surface area contributed by atoms with Crippen molar-refractivity contribution in [1.82, 2.24) is 14.4 Å². The van der Waals surface area contributed by atoms with Gasteiger partial charge >= 0.3 is 0 Å². The highest BCUT2D eigenvalue weighted by Gasteiger charge is 2.15. The third-order valence-corrected chi connectivity index (χ3v) is 6.92. The molecule has 0 N–H and O–H groups in total. The number of hydrogen-bond donors (Lipinski definition) is 0. The third-order valence-electron chi connectivity index (χ3n) is 6.92. The maximum atomic E-state index is 12.9. The highest BCUT2D eigenvalue weighted by molar-refractivity contribution is 5.93. The largest absolute Gasteiger partial charge is 0.340 e. The summed E-state index contributed by atoms with van der Waals surface area (Å²) in [5.74, 6) is 0. The Labute approximate surface area is 213 Å². The van der Waals surface area contributed by atoms with Gasteiger partial charge in [0.25, 0.3) is 0 Å². The van der Waals surface area contributed by atoms with E-state index in [0.29, 0.717) is 0 Å². The number of unbranched alkanes of at least 4 members (excludes halogenated alkanes) is 1. The van der Waals surface area contributed by atoms with E-state index in [0.717, 1.165) is 74.0 Å². The molecule has 4 aromatic rings. The van der Waals surface area contributed by atoms with Gasteiger partial charge in [0, 0.05) is 50.0 Å². The fourth-order valence-electron chi connectivity index (χ4n) is 5.02. The number of fused-ring (bicyclic) bond motifs is 2. The average molecular weight is 488 g/mol. The van der Waals surface area contributed by atoms with E-state index < -0.39 is 0 Å². The molecule has 5 rings (SSSR count). The molecule has 1 aliphatic heterocycles. The maximum absolute atomic E-state index is 12.9. The standard InChI is InChI=1S/C30H33N3O.ClH/c34-30-26-14-4-6-16-28(26)33(29-17-7-5-15-27(29)30)20-9-8-18-31-21-23-32(24-22-31)19-10-13-25-11-2-1-3-12-25;/h1-7,10-17H,8-9,18-24H2;1H/b13-10+;. The normalized spacial score (nSPS) is 15.1. The Kier molecular flexibility index (Phi) is 8.75. The number of aryl methyl sites for hydroxylation is 1. The van der Waals surface area contributed by atoms with Crippen LogP contribution < -0.4 is 5.43 Å². The van der Waals surface area contributed by atoms with Gasteiger partial charge < -0.3 is 9.47 Å². The van der Waals surface area contributed by atoms with Gasteiger partial charge in [0.05, 0.1) is 11.0 Å². The quantitative estimate of drug-likeness (QED) is 0.236. The molecule has 35 heavy (non-hydrogen) atoms. The fourth-order valence-corrected chi connectivity index (χ4v) is 5.02. The van der Waals surface area contributed by atoms with E-state index in [1.807, 2.05) is 36.4 Å². The van der Waals surface area contributed by atoms with Crippen LogP contribution in [0.5, 0.6) is 0 Å². The first-order valence-corrected chi connectivity index (χ1v) is 12.5. The van der Waals surface area contributed by atoms with Crippen LogP contribution in [0, 0.1) is 0 Å². The van der Waals surface area contributed by atoms with Gasteiger partial charge in [0.1, 0.15) is 0 Å². The Morgan fingerprint density at radius 3 is 1.86 bits per heavy atom. The van der Waals surface area contributed by atoms with Gasteiger partial charge in [0.15, 0.2) is 5.43 Å². The molecule has 0 aliphatic carbocycles. The van der Waals surface area contributed by atoms with Crippen LogP contribution in [0.3, 0.4) is 0 Å². The van der Waals surface area contributed by atoms with Crippen molar-refractivity contribution in [3.63, 3.8) is 0 Å². The molecule has 182 valence electrons. The lowest BCUT2D eigenvalue weighted by Crippen LogP contribution is -2.46. The Hall–Kier alpha value is -2.92. The van der Waals surface area contributed by atoms with Gasteiger partial charge in [-0.25, -0.2) is 0 Å². The van der Waals surface area contributed by atoms with E-state index in [1.54, 1.807) is 0 Å². The minimum Gasteiger partial charge on any atom is -0.340 e. The second-order valence-electron chi connectivity index (χ2n) is 9.18. The zero-order valence-corrected chi connectivity index (χ0v) is 21.0. The van der Waals surface area contributed by atoms with Crippen molar-refractivity contribution in [2.45, 2.75) is 19.4 Å². The molecule has 0 amide bonds. The van der Waals surface area contributed by atoms with Crippen LogP contribution in [-0.4, -0.2) is 53.6 Å². The Morgan fingerprint density at radius 2 is 1.20 bits per heavy atom. The summed E-state index contributed by atoms with van der Waals surface area (Å²) < 4.78 is 2.34. The zero-order chi connectivity index (χ0) is 23.2. The summed E-state index contributed by atoms with van der Waals surface area (Å²) in [6.45, 7) is 7.65. The number of para-hydroxylation sites is 2. The number of rotatable bonds is 8. The van der Waals surface area contributed by atoms with E-state index in [2.05, 4.69) is 69.0 Å². The predicted molar refractivity (Wildman–Crippen MR) is 151 cm³/mol. The van der Waals surface area contributed by atoms with Crippen LogP contribution in [0.1, 0.15) is 18.4 Å². The summed E-state index contributed by atoms with van der Waals surface area (Å²) in [7, 11) is 0. The van der Waals surface area contributed by atoms with E-state index >= 15 is 0 Å². The molecular formula is C30H34ClN3O. The maximum Gasteiger partial charge on any atom is 0.197 e. The number of hydrogen-bond acceptors (Lipinski definition) is 3. The van der Waals surface area contributed by atoms with Crippen LogP contribution in [0.2, 0.25) is 0 Å². The Balaban J connectivity index is 0.00000289.